The van der Waals surface area contributed by atoms with Crippen LogP contribution in [0.5, 0.6) is 0 Å². The fourth-order valence-corrected chi connectivity index (χ4v) is 4.40. The zero-order chi connectivity index (χ0) is 16.5. The third-order valence-electron chi connectivity index (χ3n) is 5.62. The van der Waals surface area contributed by atoms with E-state index in [1.165, 1.54) is 62.0 Å². The average molecular weight is 344 g/mol. The molecule has 1 aliphatic carbocycles. The quantitative estimate of drug-likeness (QED) is 0.765. The second-order valence-corrected chi connectivity index (χ2v) is 7.63. The summed E-state index contributed by atoms with van der Waals surface area (Å²) in [7, 11) is 0. The second-order valence-electron chi connectivity index (χ2n) is 7.23. The molecular weight excluding hydrogens is 318 g/mol. The number of hydrogen-bond acceptors (Lipinski definition) is 2. The molecule has 3 nitrogen and oxygen atoms in total. The van der Waals surface area contributed by atoms with Crippen molar-refractivity contribution in [1.29, 1.82) is 0 Å². The Balaban J connectivity index is 1.84. The van der Waals surface area contributed by atoms with Gasteiger partial charge in [0, 0.05) is 23.0 Å². The maximum atomic E-state index is 6.37. The SMILES string of the molecule is Cc1c(Cl)cccc1-n1nc(C2CCCCC2)c2c1NCCCC2. The highest BCUT2D eigenvalue weighted by Crippen LogP contribution is 2.39. The standard InChI is InChI=1S/C20H26ClN3/c1-14-17(21)11-7-12-18(14)24-20-16(10-5-6-13-22-20)19(23-24)15-8-3-2-4-9-15/h7,11-12,15,22H,2-6,8-10,13H2,1H3. The van der Waals surface area contributed by atoms with E-state index in [-0.39, 0.29) is 0 Å². The number of hydrogen-bond donors (Lipinski definition) is 1. The monoisotopic (exact) mass is 343 g/mol. The molecule has 0 bridgehead atoms. The van der Waals surface area contributed by atoms with Crippen LogP contribution in [0.2, 0.25) is 5.02 Å². The molecule has 2 aliphatic rings. The van der Waals surface area contributed by atoms with E-state index in [2.05, 4.69) is 23.0 Å². The van der Waals surface area contributed by atoms with Gasteiger partial charge in [0.05, 0.1) is 11.4 Å². The Kier molecular flexibility index (Phi) is 4.53. The molecule has 24 heavy (non-hydrogen) atoms. The van der Waals surface area contributed by atoms with Gasteiger partial charge < -0.3 is 5.32 Å². The highest BCUT2D eigenvalue weighted by Gasteiger charge is 2.27. The summed E-state index contributed by atoms with van der Waals surface area (Å²) in [4.78, 5) is 0. The van der Waals surface area contributed by atoms with Gasteiger partial charge in [-0.3, -0.25) is 0 Å². The van der Waals surface area contributed by atoms with Gasteiger partial charge in [0.2, 0.25) is 0 Å². The normalized spacial score (nSPS) is 18.8. The highest BCUT2D eigenvalue weighted by atomic mass is 35.5. The smallest absolute Gasteiger partial charge is 0.133 e. The summed E-state index contributed by atoms with van der Waals surface area (Å²) < 4.78 is 2.13. The minimum atomic E-state index is 0.633. The molecule has 0 atom stereocenters. The van der Waals surface area contributed by atoms with Crippen LogP contribution in [0.15, 0.2) is 18.2 Å². The van der Waals surface area contributed by atoms with Crippen molar-refractivity contribution in [2.75, 3.05) is 11.9 Å². The van der Waals surface area contributed by atoms with E-state index in [9.17, 15) is 0 Å². The molecule has 0 saturated heterocycles. The number of rotatable bonds is 2. The molecule has 1 fully saturated rings. The van der Waals surface area contributed by atoms with E-state index in [0.717, 1.165) is 29.2 Å². The maximum absolute atomic E-state index is 6.37. The van der Waals surface area contributed by atoms with Gasteiger partial charge in [-0.25, -0.2) is 4.68 Å². The number of aromatic nitrogens is 2. The third kappa shape index (κ3) is 2.83. The highest BCUT2D eigenvalue weighted by molar-refractivity contribution is 6.31. The minimum absolute atomic E-state index is 0.633. The van der Waals surface area contributed by atoms with Crippen molar-refractivity contribution >= 4 is 17.4 Å². The number of nitrogens with one attached hydrogen (secondary N) is 1. The van der Waals surface area contributed by atoms with Gasteiger partial charge in [-0.2, -0.15) is 5.10 Å². The van der Waals surface area contributed by atoms with Gasteiger partial charge in [-0.15, -0.1) is 0 Å². The summed E-state index contributed by atoms with van der Waals surface area (Å²) >= 11 is 6.37. The predicted octanol–water partition coefficient (Wildman–Crippen LogP) is 5.63. The molecule has 2 aromatic rings. The van der Waals surface area contributed by atoms with Crippen LogP contribution < -0.4 is 5.32 Å². The van der Waals surface area contributed by atoms with Gasteiger partial charge >= 0.3 is 0 Å². The van der Waals surface area contributed by atoms with Crippen LogP contribution in [-0.2, 0) is 6.42 Å². The van der Waals surface area contributed by atoms with Gasteiger partial charge in [0.15, 0.2) is 0 Å². The molecule has 1 aromatic heterocycles. The van der Waals surface area contributed by atoms with Crippen molar-refractivity contribution in [1.82, 2.24) is 9.78 Å². The summed E-state index contributed by atoms with van der Waals surface area (Å²) in [5.41, 5.74) is 5.01. The van der Waals surface area contributed by atoms with Crippen molar-refractivity contribution in [2.24, 2.45) is 0 Å². The number of anilines is 1. The molecule has 1 aromatic carbocycles. The lowest BCUT2D eigenvalue weighted by molar-refractivity contribution is 0.432. The molecular formula is C20H26ClN3. The van der Waals surface area contributed by atoms with Gasteiger partial charge in [-0.05, 0) is 56.7 Å². The summed E-state index contributed by atoms with van der Waals surface area (Å²) in [6, 6.07) is 6.11. The number of halogens is 1. The van der Waals surface area contributed by atoms with Crippen LogP contribution in [0.3, 0.4) is 0 Å². The van der Waals surface area contributed by atoms with E-state index in [0.29, 0.717) is 5.92 Å². The molecule has 0 unspecified atom stereocenters. The first-order valence-corrected chi connectivity index (χ1v) is 9.74. The lowest BCUT2D eigenvalue weighted by Crippen LogP contribution is -2.09. The zero-order valence-electron chi connectivity index (χ0n) is 14.4. The molecule has 1 saturated carbocycles. The van der Waals surface area contributed by atoms with Crippen LogP contribution in [0, 0.1) is 6.92 Å². The summed E-state index contributed by atoms with van der Waals surface area (Å²) in [6.45, 7) is 3.12. The van der Waals surface area contributed by atoms with Crippen molar-refractivity contribution in [3.8, 4) is 5.69 Å². The number of benzene rings is 1. The van der Waals surface area contributed by atoms with Crippen LogP contribution >= 0.6 is 11.6 Å². The Labute approximate surface area is 149 Å². The first kappa shape index (κ1) is 16.0. The van der Waals surface area contributed by atoms with E-state index in [4.69, 9.17) is 16.7 Å². The Morgan fingerprint density at radius 3 is 2.79 bits per heavy atom. The Bertz CT molecular complexity index is 729. The maximum Gasteiger partial charge on any atom is 0.133 e. The molecule has 4 heteroatoms. The van der Waals surface area contributed by atoms with E-state index >= 15 is 0 Å². The third-order valence-corrected chi connectivity index (χ3v) is 6.03. The average Bonchev–Trinajstić information content (AvgIpc) is 2.79. The first-order chi connectivity index (χ1) is 11.8. The number of nitrogens with zero attached hydrogens (tertiary/aromatic N) is 2. The lowest BCUT2D eigenvalue weighted by atomic mass is 9.85. The molecule has 4 rings (SSSR count). The molecule has 1 N–H and O–H groups in total. The predicted molar refractivity (Wildman–Crippen MR) is 101 cm³/mol. The lowest BCUT2D eigenvalue weighted by Gasteiger charge is -2.20. The van der Waals surface area contributed by atoms with Gasteiger partial charge in [-0.1, -0.05) is 36.9 Å². The van der Waals surface area contributed by atoms with Crippen LogP contribution in [0.25, 0.3) is 5.69 Å². The minimum Gasteiger partial charge on any atom is -0.370 e. The molecule has 0 spiro atoms. The Hall–Kier alpha value is -1.48. The molecule has 1 aliphatic heterocycles. The molecule has 2 heterocycles. The second kappa shape index (κ2) is 6.79. The van der Waals surface area contributed by atoms with Crippen molar-refractivity contribution < 1.29 is 0 Å². The largest absolute Gasteiger partial charge is 0.370 e. The van der Waals surface area contributed by atoms with E-state index in [1.54, 1.807) is 0 Å². The Morgan fingerprint density at radius 2 is 1.96 bits per heavy atom. The zero-order valence-corrected chi connectivity index (χ0v) is 15.2. The van der Waals surface area contributed by atoms with Gasteiger partial charge in [0.25, 0.3) is 0 Å². The molecule has 0 radical (unpaired) electrons. The van der Waals surface area contributed by atoms with Crippen LogP contribution in [0.4, 0.5) is 5.82 Å². The van der Waals surface area contributed by atoms with Crippen molar-refractivity contribution in [2.45, 2.75) is 64.2 Å². The summed E-state index contributed by atoms with van der Waals surface area (Å²) in [6.07, 6.45) is 10.3. The van der Waals surface area contributed by atoms with Crippen LogP contribution in [-0.4, -0.2) is 16.3 Å². The molecule has 128 valence electrons. The van der Waals surface area contributed by atoms with Crippen molar-refractivity contribution in [3.05, 3.63) is 40.0 Å². The van der Waals surface area contributed by atoms with Crippen LogP contribution in [0.1, 0.15) is 67.7 Å². The van der Waals surface area contributed by atoms with Gasteiger partial charge in [0.1, 0.15) is 5.82 Å². The van der Waals surface area contributed by atoms with Crippen molar-refractivity contribution in [3.63, 3.8) is 0 Å². The fraction of sp³-hybridized carbons (Fsp3) is 0.550. The number of fused-ring (bicyclic) bond motifs is 1. The first-order valence-electron chi connectivity index (χ1n) is 9.37. The topological polar surface area (TPSA) is 29.9 Å². The Morgan fingerprint density at radius 1 is 1.12 bits per heavy atom. The van der Waals surface area contributed by atoms with E-state index in [1.807, 2.05) is 12.1 Å². The van der Waals surface area contributed by atoms with E-state index < -0.39 is 0 Å². The molecule has 0 amide bonds. The summed E-state index contributed by atoms with van der Waals surface area (Å²) in [5.74, 6) is 1.84. The fourth-order valence-electron chi connectivity index (χ4n) is 4.23. The summed E-state index contributed by atoms with van der Waals surface area (Å²) in [5, 5.41) is 9.59.